The second kappa shape index (κ2) is 6.39. The van der Waals surface area contributed by atoms with E-state index in [1.807, 2.05) is 25.1 Å². The minimum Gasteiger partial charge on any atom is -0.348 e. The van der Waals surface area contributed by atoms with Crippen molar-refractivity contribution < 1.29 is 4.79 Å². The van der Waals surface area contributed by atoms with Crippen LogP contribution in [0.2, 0.25) is 0 Å². The molecule has 1 amide bonds. The number of anilines is 1. The second-order valence-electron chi connectivity index (χ2n) is 5.20. The molecule has 1 unspecified atom stereocenters. The van der Waals surface area contributed by atoms with Gasteiger partial charge in [-0.1, -0.05) is 6.07 Å². The van der Waals surface area contributed by atoms with Gasteiger partial charge in [-0.05, 0) is 19.1 Å². The van der Waals surface area contributed by atoms with Crippen LogP contribution < -0.4 is 10.2 Å². The Labute approximate surface area is 133 Å². The van der Waals surface area contributed by atoms with Crippen LogP contribution in [0.5, 0.6) is 0 Å². The lowest BCUT2D eigenvalue weighted by atomic mass is 10.2. The van der Waals surface area contributed by atoms with Crippen molar-refractivity contribution in [3.05, 3.63) is 42.7 Å². The summed E-state index contributed by atoms with van der Waals surface area (Å²) in [6.07, 6.45) is 4.70. The maximum absolute atomic E-state index is 12.2. The summed E-state index contributed by atoms with van der Waals surface area (Å²) in [5.74, 6) is 0.519. The van der Waals surface area contributed by atoms with Crippen molar-refractivity contribution in [3.63, 3.8) is 0 Å². The first-order valence-corrected chi connectivity index (χ1v) is 7.20. The molecule has 3 aromatic rings. The number of nitrogens with one attached hydrogen (secondary N) is 2. The fraction of sp³-hybridized carbons (Fsp3) is 0.267. The number of fused-ring (bicyclic) bond motifs is 1. The summed E-state index contributed by atoms with van der Waals surface area (Å²) in [4.78, 5) is 33.6. The lowest BCUT2D eigenvalue weighted by Gasteiger charge is -2.19. The van der Waals surface area contributed by atoms with E-state index in [2.05, 4.69) is 30.2 Å². The largest absolute Gasteiger partial charge is 0.348 e. The molecule has 0 saturated heterocycles. The highest BCUT2D eigenvalue weighted by Gasteiger charge is 2.15. The van der Waals surface area contributed by atoms with Crippen molar-refractivity contribution in [2.75, 3.05) is 18.5 Å². The first-order valence-electron chi connectivity index (χ1n) is 7.20. The van der Waals surface area contributed by atoms with Crippen LogP contribution in [-0.2, 0) is 4.79 Å². The van der Waals surface area contributed by atoms with Gasteiger partial charge in [-0.2, -0.15) is 0 Å². The van der Waals surface area contributed by atoms with Crippen LogP contribution in [0.1, 0.15) is 18.7 Å². The van der Waals surface area contributed by atoms with E-state index in [0.29, 0.717) is 17.0 Å². The number of carbonyl (C=O) groups is 1. The molecule has 0 aliphatic carbocycles. The first-order chi connectivity index (χ1) is 11.1. The molecule has 0 aromatic carbocycles. The van der Waals surface area contributed by atoms with Crippen molar-refractivity contribution in [1.82, 2.24) is 30.2 Å². The average molecular weight is 311 g/mol. The second-order valence-corrected chi connectivity index (χ2v) is 5.20. The third kappa shape index (κ3) is 3.25. The Morgan fingerprint density at radius 1 is 1.30 bits per heavy atom. The number of H-pyrrole nitrogens is 1. The number of pyridine rings is 1. The van der Waals surface area contributed by atoms with Crippen LogP contribution in [0.15, 0.2) is 37.1 Å². The quantitative estimate of drug-likeness (QED) is 0.731. The molecule has 3 rings (SSSR count). The van der Waals surface area contributed by atoms with Gasteiger partial charge in [0.1, 0.15) is 11.8 Å². The van der Waals surface area contributed by atoms with E-state index in [1.165, 1.54) is 6.33 Å². The Hall–Kier alpha value is -3.03. The van der Waals surface area contributed by atoms with Crippen LogP contribution in [-0.4, -0.2) is 44.4 Å². The molecule has 2 N–H and O–H groups in total. The van der Waals surface area contributed by atoms with Crippen LogP contribution in [0.3, 0.4) is 0 Å². The summed E-state index contributed by atoms with van der Waals surface area (Å²) >= 11 is 0. The molecule has 8 heteroatoms. The molecule has 0 spiro atoms. The molecule has 0 aliphatic rings. The summed E-state index contributed by atoms with van der Waals surface area (Å²) in [7, 11) is 1.80. The van der Waals surface area contributed by atoms with E-state index in [-0.39, 0.29) is 18.5 Å². The maximum atomic E-state index is 12.2. The van der Waals surface area contributed by atoms with Gasteiger partial charge in [-0.15, -0.1) is 0 Å². The number of rotatable bonds is 5. The molecule has 3 aromatic heterocycles. The number of likely N-dealkylation sites (N-methyl/N-ethyl adjacent to an activating group) is 1. The number of aromatic amines is 1. The smallest absolute Gasteiger partial charge is 0.240 e. The molecule has 0 saturated carbocycles. The number of nitrogens with zero attached hydrogens (tertiary/aromatic N) is 5. The molecule has 0 bridgehead atoms. The van der Waals surface area contributed by atoms with Crippen LogP contribution in [0, 0.1) is 0 Å². The third-order valence-electron chi connectivity index (χ3n) is 3.45. The number of amides is 1. The van der Waals surface area contributed by atoms with E-state index >= 15 is 0 Å². The van der Waals surface area contributed by atoms with Crippen molar-refractivity contribution in [1.29, 1.82) is 0 Å². The van der Waals surface area contributed by atoms with Gasteiger partial charge in [0.05, 0.1) is 24.6 Å². The fourth-order valence-corrected chi connectivity index (χ4v) is 2.33. The lowest BCUT2D eigenvalue weighted by Crippen LogP contribution is -2.37. The number of hydrogen-bond donors (Lipinski definition) is 2. The molecule has 118 valence electrons. The lowest BCUT2D eigenvalue weighted by molar-refractivity contribution is -0.120. The number of hydrogen-bond acceptors (Lipinski definition) is 6. The zero-order valence-electron chi connectivity index (χ0n) is 12.9. The number of carbonyl (C=O) groups excluding carboxylic acids is 1. The van der Waals surface area contributed by atoms with Gasteiger partial charge in [0.2, 0.25) is 5.91 Å². The minimum absolute atomic E-state index is 0.114. The van der Waals surface area contributed by atoms with E-state index in [0.717, 1.165) is 5.69 Å². The van der Waals surface area contributed by atoms with Crippen molar-refractivity contribution in [2.24, 2.45) is 0 Å². The topological polar surface area (TPSA) is 99.7 Å². The summed E-state index contributed by atoms with van der Waals surface area (Å²) in [5, 5.41) is 2.93. The Kier molecular flexibility index (Phi) is 4.13. The Morgan fingerprint density at radius 2 is 2.17 bits per heavy atom. The molecule has 0 radical (unpaired) electrons. The predicted octanol–water partition coefficient (Wildman–Crippen LogP) is 1.06. The van der Waals surface area contributed by atoms with Crippen LogP contribution in [0.25, 0.3) is 11.2 Å². The monoisotopic (exact) mass is 311 g/mol. The minimum atomic E-state index is -0.158. The van der Waals surface area contributed by atoms with Gasteiger partial charge in [0, 0.05) is 13.2 Å². The van der Waals surface area contributed by atoms with Gasteiger partial charge in [0.15, 0.2) is 11.5 Å². The number of imidazole rings is 1. The van der Waals surface area contributed by atoms with E-state index in [9.17, 15) is 4.79 Å². The Morgan fingerprint density at radius 3 is 2.96 bits per heavy atom. The fourth-order valence-electron chi connectivity index (χ4n) is 2.33. The summed E-state index contributed by atoms with van der Waals surface area (Å²) < 4.78 is 0. The molecule has 8 nitrogen and oxygen atoms in total. The zero-order valence-corrected chi connectivity index (χ0v) is 12.9. The van der Waals surface area contributed by atoms with Crippen molar-refractivity contribution >= 4 is 22.9 Å². The SMILES string of the molecule is CC(NC(=O)CN(C)c1ncnc2nc[nH]c12)c1ccccn1. The van der Waals surface area contributed by atoms with E-state index < -0.39 is 0 Å². The molecular formula is C15H17N7O. The summed E-state index contributed by atoms with van der Waals surface area (Å²) in [6, 6.07) is 5.46. The van der Waals surface area contributed by atoms with Gasteiger partial charge < -0.3 is 15.2 Å². The molecule has 23 heavy (non-hydrogen) atoms. The highest BCUT2D eigenvalue weighted by Crippen LogP contribution is 2.18. The van der Waals surface area contributed by atoms with Crippen LogP contribution >= 0.6 is 0 Å². The molecule has 1 atom stereocenters. The maximum Gasteiger partial charge on any atom is 0.240 e. The number of aromatic nitrogens is 5. The van der Waals surface area contributed by atoms with Gasteiger partial charge >= 0.3 is 0 Å². The van der Waals surface area contributed by atoms with E-state index in [1.54, 1.807) is 24.5 Å². The molecular weight excluding hydrogens is 294 g/mol. The standard InChI is InChI=1S/C15H17N7O/c1-10(11-5-3-4-6-16-11)21-12(23)7-22(2)15-13-14(18-8-17-13)19-9-20-15/h3-6,8-10H,7H2,1-2H3,(H,21,23)(H,17,18,19,20). The van der Waals surface area contributed by atoms with Gasteiger partial charge in [-0.25, -0.2) is 15.0 Å². The summed E-state index contributed by atoms with van der Waals surface area (Å²) in [6.45, 7) is 2.07. The third-order valence-corrected chi connectivity index (χ3v) is 3.45. The average Bonchev–Trinajstić information content (AvgIpc) is 3.03. The molecule has 0 aliphatic heterocycles. The highest BCUT2D eigenvalue weighted by molar-refractivity contribution is 5.87. The van der Waals surface area contributed by atoms with Gasteiger partial charge in [-0.3, -0.25) is 9.78 Å². The zero-order chi connectivity index (χ0) is 16.2. The van der Waals surface area contributed by atoms with Crippen molar-refractivity contribution in [2.45, 2.75) is 13.0 Å². The predicted molar refractivity (Wildman–Crippen MR) is 85.7 cm³/mol. The molecule has 3 heterocycles. The first kappa shape index (κ1) is 14.9. The van der Waals surface area contributed by atoms with Gasteiger partial charge in [0.25, 0.3) is 0 Å². The van der Waals surface area contributed by atoms with Crippen LogP contribution in [0.4, 0.5) is 5.82 Å². The molecule has 0 fully saturated rings. The highest BCUT2D eigenvalue weighted by atomic mass is 16.2. The normalized spacial score (nSPS) is 12.1. The van der Waals surface area contributed by atoms with Crippen molar-refractivity contribution in [3.8, 4) is 0 Å². The summed E-state index contributed by atoms with van der Waals surface area (Å²) in [5.41, 5.74) is 2.10. The Balaban J connectivity index is 1.67. The Bertz CT molecular complexity index is 802. The van der Waals surface area contributed by atoms with E-state index in [4.69, 9.17) is 0 Å².